The number of anilines is 2. The second kappa shape index (κ2) is 4.61. The monoisotopic (exact) mass is 253 g/mol. The van der Waals surface area contributed by atoms with Gasteiger partial charge in [0.25, 0.3) is 0 Å². The number of pyridine rings is 1. The number of benzene rings is 1. The number of aromatic nitrogens is 3. The molecule has 0 fully saturated rings. The van der Waals surface area contributed by atoms with Crippen molar-refractivity contribution in [1.82, 2.24) is 14.8 Å². The lowest BCUT2D eigenvalue weighted by molar-refractivity contribution is 0.747. The quantitative estimate of drug-likeness (QED) is 0.702. The van der Waals surface area contributed by atoms with Gasteiger partial charge in [-0.15, -0.1) is 0 Å². The summed E-state index contributed by atoms with van der Waals surface area (Å²) >= 11 is 0. The minimum Gasteiger partial charge on any atom is -0.398 e. The van der Waals surface area contributed by atoms with Crippen molar-refractivity contribution in [3.63, 3.8) is 0 Å². The predicted octanol–water partition coefficient (Wildman–Crippen LogP) is 2.16. The lowest BCUT2D eigenvalue weighted by atomic mass is 10.1. The summed E-state index contributed by atoms with van der Waals surface area (Å²) in [5, 5.41) is 9.77. The van der Waals surface area contributed by atoms with Gasteiger partial charge in [0.05, 0.1) is 12.2 Å². The average Bonchev–Trinajstić information content (AvgIpc) is 2.84. The zero-order valence-electron chi connectivity index (χ0n) is 10.7. The molecule has 0 aliphatic rings. The SMILES string of the molecule is Cn1ccc(CNc2ccc(N)c3cnccc23)n1. The van der Waals surface area contributed by atoms with Crippen LogP contribution in [-0.4, -0.2) is 14.8 Å². The number of hydrogen-bond acceptors (Lipinski definition) is 4. The van der Waals surface area contributed by atoms with Crippen LogP contribution in [0.4, 0.5) is 11.4 Å². The van der Waals surface area contributed by atoms with Gasteiger partial charge in [-0.05, 0) is 24.3 Å². The zero-order chi connectivity index (χ0) is 13.2. The van der Waals surface area contributed by atoms with Gasteiger partial charge in [0.15, 0.2) is 0 Å². The average molecular weight is 253 g/mol. The molecule has 0 amide bonds. The lowest BCUT2D eigenvalue weighted by Crippen LogP contribution is -2.02. The van der Waals surface area contributed by atoms with Crippen LogP contribution in [0.15, 0.2) is 42.9 Å². The van der Waals surface area contributed by atoms with E-state index < -0.39 is 0 Å². The molecule has 3 rings (SSSR count). The Bertz CT molecular complexity index is 717. The minimum atomic E-state index is 0.683. The largest absolute Gasteiger partial charge is 0.398 e. The van der Waals surface area contributed by atoms with E-state index in [0.29, 0.717) is 6.54 Å². The van der Waals surface area contributed by atoms with Crippen molar-refractivity contribution in [2.45, 2.75) is 6.54 Å². The maximum atomic E-state index is 5.95. The van der Waals surface area contributed by atoms with E-state index in [4.69, 9.17) is 5.73 Å². The number of rotatable bonds is 3. The van der Waals surface area contributed by atoms with Gasteiger partial charge in [0.2, 0.25) is 0 Å². The van der Waals surface area contributed by atoms with E-state index in [1.807, 2.05) is 37.5 Å². The first-order valence-electron chi connectivity index (χ1n) is 6.08. The first-order valence-corrected chi connectivity index (χ1v) is 6.08. The molecule has 5 nitrogen and oxygen atoms in total. The highest BCUT2D eigenvalue weighted by Crippen LogP contribution is 2.27. The molecule has 0 aliphatic carbocycles. The van der Waals surface area contributed by atoms with Crippen molar-refractivity contribution in [1.29, 1.82) is 0 Å². The second-order valence-corrected chi connectivity index (χ2v) is 4.46. The van der Waals surface area contributed by atoms with Crippen LogP contribution in [0.2, 0.25) is 0 Å². The van der Waals surface area contributed by atoms with Crippen LogP contribution in [0.1, 0.15) is 5.69 Å². The zero-order valence-corrected chi connectivity index (χ0v) is 10.7. The smallest absolute Gasteiger partial charge is 0.0815 e. The topological polar surface area (TPSA) is 68.8 Å². The maximum absolute atomic E-state index is 5.95. The Morgan fingerprint density at radius 3 is 2.89 bits per heavy atom. The molecule has 1 aromatic carbocycles. The van der Waals surface area contributed by atoms with Gasteiger partial charge in [-0.3, -0.25) is 9.67 Å². The molecule has 2 heterocycles. The van der Waals surface area contributed by atoms with Crippen LogP contribution in [0.3, 0.4) is 0 Å². The first kappa shape index (κ1) is 11.5. The fraction of sp³-hybridized carbons (Fsp3) is 0.143. The van der Waals surface area contributed by atoms with E-state index in [9.17, 15) is 0 Å². The molecular formula is C14H15N5. The van der Waals surface area contributed by atoms with E-state index in [1.165, 1.54) is 0 Å². The molecule has 0 spiro atoms. The van der Waals surface area contributed by atoms with Gasteiger partial charge in [-0.2, -0.15) is 5.10 Å². The molecule has 2 aromatic heterocycles. The van der Waals surface area contributed by atoms with Crippen LogP contribution in [0, 0.1) is 0 Å². The highest BCUT2D eigenvalue weighted by Gasteiger charge is 2.04. The molecule has 5 heteroatoms. The van der Waals surface area contributed by atoms with Gasteiger partial charge < -0.3 is 11.1 Å². The van der Waals surface area contributed by atoms with Crippen molar-refractivity contribution in [2.24, 2.45) is 7.05 Å². The van der Waals surface area contributed by atoms with Gasteiger partial charge >= 0.3 is 0 Å². The predicted molar refractivity (Wildman–Crippen MR) is 76.7 cm³/mol. The minimum absolute atomic E-state index is 0.683. The van der Waals surface area contributed by atoms with Gasteiger partial charge in [-0.25, -0.2) is 0 Å². The summed E-state index contributed by atoms with van der Waals surface area (Å²) in [4.78, 5) is 4.11. The van der Waals surface area contributed by atoms with Crippen LogP contribution in [0.25, 0.3) is 10.8 Å². The van der Waals surface area contributed by atoms with E-state index in [-0.39, 0.29) is 0 Å². The van der Waals surface area contributed by atoms with Gasteiger partial charge in [-0.1, -0.05) is 0 Å². The first-order chi connectivity index (χ1) is 9.24. The van der Waals surface area contributed by atoms with E-state index in [2.05, 4.69) is 15.4 Å². The molecule has 0 bridgehead atoms. The summed E-state index contributed by atoms with van der Waals surface area (Å²) in [5.74, 6) is 0. The van der Waals surface area contributed by atoms with E-state index in [0.717, 1.165) is 27.8 Å². The summed E-state index contributed by atoms with van der Waals surface area (Å²) < 4.78 is 1.79. The molecule has 0 radical (unpaired) electrons. The van der Waals surface area contributed by atoms with Crippen molar-refractivity contribution >= 4 is 22.1 Å². The molecular weight excluding hydrogens is 238 g/mol. The fourth-order valence-corrected chi connectivity index (χ4v) is 2.11. The Hall–Kier alpha value is -2.56. The Labute approximate surface area is 111 Å². The van der Waals surface area contributed by atoms with Crippen molar-refractivity contribution in [2.75, 3.05) is 11.1 Å². The summed E-state index contributed by atoms with van der Waals surface area (Å²) in [7, 11) is 1.91. The molecule has 96 valence electrons. The Morgan fingerprint density at radius 2 is 2.11 bits per heavy atom. The number of aryl methyl sites for hydroxylation is 1. The third kappa shape index (κ3) is 2.22. The van der Waals surface area contributed by atoms with Crippen LogP contribution < -0.4 is 11.1 Å². The van der Waals surface area contributed by atoms with Gasteiger partial charge in [0, 0.05) is 47.8 Å². The molecule has 19 heavy (non-hydrogen) atoms. The lowest BCUT2D eigenvalue weighted by Gasteiger charge is -2.10. The summed E-state index contributed by atoms with van der Waals surface area (Å²) in [5.41, 5.74) is 8.73. The third-order valence-corrected chi connectivity index (χ3v) is 3.08. The van der Waals surface area contributed by atoms with Crippen molar-refractivity contribution in [3.05, 3.63) is 48.5 Å². The van der Waals surface area contributed by atoms with E-state index in [1.54, 1.807) is 17.1 Å². The Kier molecular flexibility index (Phi) is 2.79. The summed E-state index contributed by atoms with van der Waals surface area (Å²) in [6.45, 7) is 0.683. The number of hydrogen-bond donors (Lipinski definition) is 2. The van der Waals surface area contributed by atoms with Crippen molar-refractivity contribution in [3.8, 4) is 0 Å². The highest BCUT2D eigenvalue weighted by atomic mass is 15.3. The molecule has 3 aromatic rings. The molecule has 3 N–H and O–H groups in total. The number of nitrogen functional groups attached to an aromatic ring is 1. The molecule has 0 saturated carbocycles. The van der Waals surface area contributed by atoms with Crippen molar-refractivity contribution < 1.29 is 0 Å². The van der Waals surface area contributed by atoms with Crippen LogP contribution in [0.5, 0.6) is 0 Å². The van der Waals surface area contributed by atoms with E-state index >= 15 is 0 Å². The Balaban J connectivity index is 1.91. The van der Waals surface area contributed by atoms with Crippen LogP contribution in [-0.2, 0) is 13.6 Å². The maximum Gasteiger partial charge on any atom is 0.0815 e. The van der Waals surface area contributed by atoms with Gasteiger partial charge in [0.1, 0.15) is 0 Å². The standard InChI is InChI=1S/C14H15N5/c1-19-7-5-10(18-19)8-17-14-3-2-13(15)12-9-16-6-4-11(12)14/h2-7,9,17H,8,15H2,1H3. The summed E-state index contributed by atoms with van der Waals surface area (Å²) in [6, 6.07) is 7.84. The molecule has 0 aliphatic heterocycles. The number of nitrogens with one attached hydrogen (secondary N) is 1. The molecule has 0 atom stereocenters. The Morgan fingerprint density at radius 1 is 1.21 bits per heavy atom. The molecule has 0 unspecified atom stereocenters. The third-order valence-electron chi connectivity index (χ3n) is 3.08. The van der Waals surface area contributed by atoms with Crippen LogP contribution >= 0.6 is 0 Å². The molecule has 0 saturated heterocycles. The summed E-state index contributed by atoms with van der Waals surface area (Å²) in [6.07, 6.45) is 5.49. The number of nitrogens with zero attached hydrogens (tertiary/aromatic N) is 3. The second-order valence-electron chi connectivity index (χ2n) is 4.46. The highest BCUT2D eigenvalue weighted by molar-refractivity contribution is 6.00. The normalized spacial score (nSPS) is 10.8. The number of fused-ring (bicyclic) bond motifs is 1. The fourth-order valence-electron chi connectivity index (χ4n) is 2.11. The number of nitrogens with two attached hydrogens (primary N) is 1.